The maximum atomic E-state index is 11.9. The highest BCUT2D eigenvalue weighted by Gasteiger charge is 2.43. The number of ether oxygens (including phenoxy) is 2. The van der Waals surface area contributed by atoms with Crippen molar-refractivity contribution in [2.75, 3.05) is 0 Å². The van der Waals surface area contributed by atoms with Crippen molar-refractivity contribution in [3.8, 4) is 5.75 Å². The van der Waals surface area contributed by atoms with Crippen molar-refractivity contribution in [3.05, 3.63) is 32.9 Å². The number of nitro benzene ring substituents is 1. The van der Waals surface area contributed by atoms with Gasteiger partial charge in [0.2, 0.25) is 0 Å². The average Bonchev–Trinajstić information content (AvgIpc) is 2.84. The summed E-state index contributed by atoms with van der Waals surface area (Å²) in [4.78, 5) is 23.5. The van der Waals surface area contributed by atoms with Crippen LogP contribution in [-0.2, 0) is 21.4 Å². The number of hydrogen-bond acceptors (Lipinski definition) is 6. The summed E-state index contributed by atoms with van der Waals surface area (Å²) in [6.07, 6.45) is -0.476. The van der Waals surface area contributed by atoms with E-state index in [0.29, 0.717) is 29.7 Å². The molecule has 3 atom stereocenters. The van der Waals surface area contributed by atoms with E-state index >= 15 is 0 Å². The molecule has 1 aromatic rings. The Labute approximate surface area is 165 Å². The quantitative estimate of drug-likeness (QED) is 0.478. The van der Waals surface area contributed by atoms with Gasteiger partial charge in [0.05, 0.1) is 17.4 Å². The van der Waals surface area contributed by atoms with Crippen molar-refractivity contribution in [2.24, 2.45) is 0 Å². The largest absolute Gasteiger partial charge is 0.487 e. The zero-order valence-electron chi connectivity index (χ0n) is 17.4. The van der Waals surface area contributed by atoms with Gasteiger partial charge in [-0.3, -0.25) is 14.9 Å². The van der Waals surface area contributed by atoms with Crippen LogP contribution < -0.4 is 4.74 Å². The lowest BCUT2D eigenvalue weighted by Gasteiger charge is -2.34. The van der Waals surface area contributed by atoms with Crippen LogP contribution in [0.1, 0.15) is 77.0 Å². The summed E-state index contributed by atoms with van der Waals surface area (Å²) < 4.78 is 11.8. The number of aliphatic hydroxyl groups is 1. The molecule has 0 spiro atoms. The summed E-state index contributed by atoms with van der Waals surface area (Å²) in [7, 11) is 0. The van der Waals surface area contributed by atoms with E-state index in [1.807, 2.05) is 41.5 Å². The lowest BCUT2D eigenvalue weighted by Crippen LogP contribution is -2.36. The summed E-state index contributed by atoms with van der Waals surface area (Å²) >= 11 is 0. The van der Waals surface area contributed by atoms with Crippen LogP contribution >= 0.6 is 0 Å². The Kier molecular flexibility index (Phi) is 4.94. The van der Waals surface area contributed by atoms with Crippen molar-refractivity contribution in [1.29, 1.82) is 0 Å². The number of hydrogen-bond donors (Lipinski definition) is 1. The van der Waals surface area contributed by atoms with Gasteiger partial charge in [0.15, 0.2) is 0 Å². The number of esters is 1. The van der Waals surface area contributed by atoms with Gasteiger partial charge in [0.1, 0.15) is 17.5 Å². The molecule has 1 fully saturated rings. The van der Waals surface area contributed by atoms with Crippen molar-refractivity contribution >= 4 is 11.7 Å². The van der Waals surface area contributed by atoms with Crippen LogP contribution in [-0.4, -0.2) is 33.8 Å². The monoisotopic (exact) mass is 391 g/mol. The van der Waals surface area contributed by atoms with Gasteiger partial charge < -0.3 is 14.6 Å². The van der Waals surface area contributed by atoms with Crippen molar-refractivity contribution in [1.82, 2.24) is 0 Å². The Balaban J connectivity index is 2.23. The Morgan fingerprint density at radius 1 is 1.36 bits per heavy atom. The second kappa shape index (κ2) is 6.72. The van der Waals surface area contributed by atoms with Crippen molar-refractivity contribution in [3.63, 3.8) is 0 Å². The molecule has 3 rings (SSSR count). The molecule has 0 aliphatic carbocycles. The number of carbonyl (C=O) groups excluding carboxylic acids is 1. The van der Waals surface area contributed by atoms with Gasteiger partial charge in [-0.1, -0.05) is 27.7 Å². The van der Waals surface area contributed by atoms with E-state index in [4.69, 9.17) is 9.47 Å². The Hall–Kier alpha value is -2.15. The highest BCUT2D eigenvalue weighted by molar-refractivity contribution is 5.71. The highest BCUT2D eigenvalue weighted by atomic mass is 16.6. The van der Waals surface area contributed by atoms with Gasteiger partial charge in [-0.2, -0.15) is 0 Å². The number of nitro groups is 1. The highest BCUT2D eigenvalue weighted by Crippen LogP contribution is 2.50. The van der Waals surface area contributed by atoms with Gasteiger partial charge in [-0.15, -0.1) is 0 Å². The second-order valence-corrected chi connectivity index (χ2v) is 9.63. The molecule has 1 saturated heterocycles. The minimum absolute atomic E-state index is 0.0219. The van der Waals surface area contributed by atoms with Gasteiger partial charge in [0, 0.05) is 41.5 Å². The third kappa shape index (κ3) is 3.72. The van der Waals surface area contributed by atoms with Gasteiger partial charge in [-0.05, 0) is 19.3 Å². The zero-order chi connectivity index (χ0) is 21.0. The molecule has 7 heteroatoms. The first-order valence-electron chi connectivity index (χ1n) is 9.71. The predicted molar refractivity (Wildman–Crippen MR) is 104 cm³/mol. The summed E-state index contributed by atoms with van der Waals surface area (Å²) in [6, 6.07) is 1.63. The molecule has 0 radical (unpaired) electrons. The number of aliphatic hydroxyl groups excluding tert-OH is 1. The molecular weight excluding hydrogens is 362 g/mol. The molecule has 2 heterocycles. The van der Waals surface area contributed by atoms with Crippen molar-refractivity contribution < 1.29 is 24.3 Å². The van der Waals surface area contributed by atoms with Crippen LogP contribution in [0.2, 0.25) is 0 Å². The van der Waals surface area contributed by atoms with Crippen LogP contribution in [0, 0.1) is 10.1 Å². The molecule has 2 aliphatic heterocycles. The topological polar surface area (TPSA) is 98.9 Å². The minimum atomic E-state index is -0.768. The molecule has 154 valence electrons. The molecular formula is C21H29NO6. The third-order valence-electron chi connectivity index (χ3n) is 5.52. The molecule has 1 N–H and O–H groups in total. The van der Waals surface area contributed by atoms with E-state index < -0.39 is 29.2 Å². The lowest BCUT2D eigenvalue weighted by molar-refractivity contribution is -0.386. The number of fused-ring (bicyclic) bond motifs is 1. The summed E-state index contributed by atoms with van der Waals surface area (Å²) in [5.41, 5.74) is 1.19. The van der Waals surface area contributed by atoms with Crippen molar-refractivity contribution in [2.45, 2.75) is 89.9 Å². The van der Waals surface area contributed by atoms with Gasteiger partial charge in [0.25, 0.3) is 5.69 Å². The normalized spacial score (nSPS) is 24.9. The lowest BCUT2D eigenvalue weighted by atomic mass is 9.75. The Bertz CT molecular complexity index is 823. The predicted octanol–water partition coefficient (Wildman–Crippen LogP) is 3.78. The fraction of sp³-hybridized carbons (Fsp3) is 0.667. The minimum Gasteiger partial charge on any atom is -0.487 e. The molecule has 0 aromatic heterocycles. The van der Waals surface area contributed by atoms with E-state index in [1.165, 1.54) is 0 Å². The first-order chi connectivity index (χ1) is 12.8. The van der Waals surface area contributed by atoms with E-state index in [2.05, 4.69) is 0 Å². The van der Waals surface area contributed by atoms with Crippen LogP contribution in [0.3, 0.4) is 0 Å². The fourth-order valence-corrected chi connectivity index (χ4v) is 4.42. The first-order valence-corrected chi connectivity index (χ1v) is 9.71. The molecule has 1 aromatic carbocycles. The molecule has 0 amide bonds. The summed E-state index contributed by atoms with van der Waals surface area (Å²) in [5.74, 6) is -0.143. The Morgan fingerprint density at radius 3 is 2.54 bits per heavy atom. The van der Waals surface area contributed by atoms with Crippen LogP contribution in [0.5, 0.6) is 5.75 Å². The van der Waals surface area contributed by atoms with E-state index in [0.717, 1.165) is 5.56 Å². The smallest absolute Gasteiger partial charge is 0.308 e. The first kappa shape index (κ1) is 20.6. The molecule has 0 saturated carbocycles. The van der Waals surface area contributed by atoms with Gasteiger partial charge >= 0.3 is 5.97 Å². The number of cyclic esters (lactones) is 1. The van der Waals surface area contributed by atoms with E-state index in [-0.39, 0.29) is 22.9 Å². The number of nitrogens with zero attached hydrogens (tertiary/aromatic N) is 1. The Morgan fingerprint density at radius 2 is 2.00 bits per heavy atom. The second-order valence-electron chi connectivity index (χ2n) is 9.63. The van der Waals surface area contributed by atoms with E-state index in [9.17, 15) is 20.0 Å². The zero-order valence-corrected chi connectivity index (χ0v) is 17.4. The van der Waals surface area contributed by atoms with Crippen LogP contribution in [0.4, 0.5) is 5.69 Å². The molecule has 28 heavy (non-hydrogen) atoms. The maximum absolute atomic E-state index is 11.9. The van der Waals surface area contributed by atoms with Gasteiger partial charge in [-0.25, -0.2) is 0 Å². The van der Waals surface area contributed by atoms with E-state index in [1.54, 1.807) is 6.07 Å². The van der Waals surface area contributed by atoms with Crippen LogP contribution in [0.25, 0.3) is 0 Å². The number of benzene rings is 1. The average molecular weight is 391 g/mol. The summed E-state index contributed by atoms with van der Waals surface area (Å²) in [6.45, 7) is 11.6. The molecule has 7 nitrogen and oxygen atoms in total. The summed E-state index contributed by atoms with van der Waals surface area (Å²) in [5, 5.41) is 22.0. The third-order valence-corrected chi connectivity index (χ3v) is 5.52. The molecule has 1 unspecified atom stereocenters. The maximum Gasteiger partial charge on any atom is 0.308 e. The standard InChI is InChI=1S/C21H29NO6/c1-11(15-8-13(23)9-16(24)27-15)17-18(20(2,3)4)14(22(25)26)7-12-10-21(5,6)28-19(12)17/h7,11,13,15,23H,8-10H2,1-6H3/t11?,13-,15+/m1/s1. The molecule has 2 aliphatic rings. The number of carbonyl (C=O) groups is 1. The van der Waals surface area contributed by atoms with Crippen LogP contribution in [0.15, 0.2) is 6.07 Å². The molecule has 0 bridgehead atoms. The fourth-order valence-electron chi connectivity index (χ4n) is 4.42. The SMILES string of the molecule is CC(c1c2c(cc([N+](=O)[O-])c1C(C)(C)C)CC(C)(C)O2)[C@@H]1C[C@@H](O)CC(=O)O1. The number of rotatable bonds is 3.